The molecule has 1 fully saturated rings. The van der Waals surface area contributed by atoms with Crippen LogP contribution in [0.3, 0.4) is 0 Å². The van der Waals surface area contributed by atoms with Gasteiger partial charge in [0.05, 0.1) is 23.7 Å². The molecule has 1 atom stereocenters. The molecule has 1 aliphatic heterocycles. The van der Waals surface area contributed by atoms with Gasteiger partial charge in [-0.05, 0) is 57.0 Å². The van der Waals surface area contributed by atoms with Crippen LogP contribution in [0.4, 0.5) is 10.5 Å². The van der Waals surface area contributed by atoms with Gasteiger partial charge in [-0.25, -0.2) is 4.79 Å². The van der Waals surface area contributed by atoms with Crippen molar-refractivity contribution in [2.24, 2.45) is 0 Å². The first-order valence-corrected chi connectivity index (χ1v) is 11.6. The van der Waals surface area contributed by atoms with Crippen molar-refractivity contribution >= 4 is 34.9 Å². The van der Waals surface area contributed by atoms with Crippen LogP contribution in [0.1, 0.15) is 38.2 Å². The quantitative estimate of drug-likeness (QED) is 0.499. The minimum Gasteiger partial charge on any atom is -0.496 e. The summed E-state index contributed by atoms with van der Waals surface area (Å²) in [6.07, 6.45) is 4.73. The Morgan fingerprint density at radius 1 is 1.19 bits per heavy atom. The summed E-state index contributed by atoms with van der Waals surface area (Å²) >= 11 is 12.1. The number of methoxy groups -OCH3 is 1. The summed E-state index contributed by atoms with van der Waals surface area (Å²) in [7, 11) is 1.65. The van der Waals surface area contributed by atoms with Crippen molar-refractivity contribution in [2.75, 3.05) is 32.1 Å². The number of likely N-dealkylation sites (tertiary alicyclic amines) is 1. The summed E-state index contributed by atoms with van der Waals surface area (Å²) in [5, 5.41) is 3.83. The SMILES string of the molecule is COc1ccccc1CN(CCCN1CCCCC1C)C(=O)Nc1ccc(Cl)c(Cl)c1. The number of benzene rings is 2. The number of carbonyl (C=O) groups excluding carboxylic acids is 1. The highest BCUT2D eigenvalue weighted by Crippen LogP contribution is 2.26. The third-order valence-electron chi connectivity index (χ3n) is 5.83. The van der Waals surface area contributed by atoms with E-state index in [2.05, 4.69) is 17.1 Å². The summed E-state index contributed by atoms with van der Waals surface area (Å²) in [4.78, 5) is 17.5. The van der Waals surface area contributed by atoms with Gasteiger partial charge in [-0.3, -0.25) is 0 Å². The number of amides is 2. The van der Waals surface area contributed by atoms with Crippen molar-refractivity contribution in [3.63, 3.8) is 0 Å². The smallest absolute Gasteiger partial charge is 0.322 e. The lowest BCUT2D eigenvalue weighted by Gasteiger charge is -2.34. The number of nitrogens with zero attached hydrogens (tertiary/aromatic N) is 2. The molecule has 1 unspecified atom stereocenters. The number of hydrogen-bond donors (Lipinski definition) is 1. The minimum atomic E-state index is -0.170. The topological polar surface area (TPSA) is 44.8 Å². The van der Waals surface area contributed by atoms with Gasteiger partial charge in [-0.1, -0.05) is 47.8 Å². The fourth-order valence-electron chi connectivity index (χ4n) is 4.02. The van der Waals surface area contributed by atoms with E-state index < -0.39 is 0 Å². The monoisotopic (exact) mass is 463 g/mol. The molecule has 1 aliphatic rings. The van der Waals surface area contributed by atoms with E-state index in [9.17, 15) is 4.79 Å². The van der Waals surface area contributed by atoms with E-state index >= 15 is 0 Å². The number of rotatable bonds is 8. The van der Waals surface area contributed by atoms with Crippen LogP contribution >= 0.6 is 23.2 Å². The van der Waals surface area contributed by atoms with E-state index in [4.69, 9.17) is 27.9 Å². The molecule has 168 valence electrons. The second-order valence-corrected chi connectivity index (χ2v) is 8.84. The number of carbonyl (C=O) groups is 1. The van der Waals surface area contributed by atoms with Crippen molar-refractivity contribution in [3.8, 4) is 5.75 Å². The molecular formula is C24H31Cl2N3O2. The molecule has 1 heterocycles. The molecule has 0 spiro atoms. The summed E-state index contributed by atoms with van der Waals surface area (Å²) in [5.74, 6) is 0.777. The van der Waals surface area contributed by atoms with Gasteiger partial charge in [-0.2, -0.15) is 0 Å². The van der Waals surface area contributed by atoms with E-state index in [1.165, 1.54) is 19.3 Å². The fourth-order valence-corrected chi connectivity index (χ4v) is 4.32. The van der Waals surface area contributed by atoms with Gasteiger partial charge in [0.2, 0.25) is 0 Å². The zero-order chi connectivity index (χ0) is 22.2. The second kappa shape index (κ2) is 11.6. The molecule has 0 saturated carbocycles. The maximum Gasteiger partial charge on any atom is 0.322 e. The van der Waals surface area contributed by atoms with E-state index in [0.717, 1.165) is 30.8 Å². The molecule has 5 nitrogen and oxygen atoms in total. The Bertz CT molecular complexity index is 878. The Morgan fingerprint density at radius 3 is 2.74 bits per heavy atom. The van der Waals surface area contributed by atoms with Gasteiger partial charge in [-0.15, -0.1) is 0 Å². The average molecular weight is 464 g/mol. The summed E-state index contributed by atoms with van der Waals surface area (Å²) < 4.78 is 5.49. The highest BCUT2D eigenvalue weighted by molar-refractivity contribution is 6.42. The van der Waals surface area contributed by atoms with Crippen LogP contribution in [-0.4, -0.2) is 48.6 Å². The van der Waals surface area contributed by atoms with Crippen molar-refractivity contribution in [3.05, 3.63) is 58.1 Å². The number of anilines is 1. The second-order valence-electron chi connectivity index (χ2n) is 8.03. The Balaban J connectivity index is 1.69. The molecule has 2 aromatic rings. The predicted molar refractivity (Wildman–Crippen MR) is 128 cm³/mol. The maximum atomic E-state index is 13.1. The molecule has 1 saturated heterocycles. The van der Waals surface area contributed by atoms with E-state index in [1.54, 1.807) is 25.3 Å². The van der Waals surface area contributed by atoms with E-state index in [-0.39, 0.29) is 6.03 Å². The third-order valence-corrected chi connectivity index (χ3v) is 6.56. The molecule has 0 radical (unpaired) electrons. The van der Waals surface area contributed by atoms with Crippen LogP contribution < -0.4 is 10.1 Å². The van der Waals surface area contributed by atoms with Crippen molar-refractivity contribution in [1.29, 1.82) is 0 Å². The molecule has 2 aromatic carbocycles. The largest absolute Gasteiger partial charge is 0.496 e. The summed E-state index contributed by atoms with van der Waals surface area (Å²) in [6.45, 7) is 5.54. The summed E-state index contributed by atoms with van der Waals surface area (Å²) in [5.41, 5.74) is 1.59. The van der Waals surface area contributed by atoms with Crippen LogP contribution in [0.2, 0.25) is 10.0 Å². The van der Waals surface area contributed by atoms with Crippen LogP contribution in [0.25, 0.3) is 0 Å². The molecule has 7 heteroatoms. The van der Waals surface area contributed by atoms with Crippen LogP contribution in [0.5, 0.6) is 5.75 Å². The van der Waals surface area contributed by atoms with E-state index in [0.29, 0.717) is 34.9 Å². The number of ether oxygens (including phenoxy) is 1. The van der Waals surface area contributed by atoms with Crippen LogP contribution in [0.15, 0.2) is 42.5 Å². The Kier molecular flexibility index (Phi) is 8.88. The lowest BCUT2D eigenvalue weighted by Crippen LogP contribution is -2.40. The minimum absolute atomic E-state index is 0.170. The van der Waals surface area contributed by atoms with Gasteiger partial charge < -0.3 is 19.9 Å². The predicted octanol–water partition coefficient (Wildman–Crippen LogP) is 6.30. The van der Waals surface area contributed by atoms with Crippen molar-refractivity contribution < 1.29 is 9.53 Å². The van der Waals surface area contributed by atoms with Gasteiger partial charge in [0.25, 0.3) is 0 Å². The van der Waals surface area contributed by atoms with Gasteiger partial charge in [0.1, 0.15) is 5.75 Å². The normalized spacial score (nSPS) is 16.7. The lowest BCUT2D eigenvalue weighted by atomic mass is 10.0. The third kappa shape index (κ3) is 6.76. The molecule has 0 aliphatic carbocycles. The number of urea groups is 1. The number of halogens is 2. The highest BCUT2D eigenvalue weighted by Gasteiger charge is 2.20. The first-order valence-electron chi connectivity index (χ1n) is 10.8. The number of nitrogens with one attached hydrogen (secondary N) is 1. The summed E-state index contributed by atoms with van der Waals surface area (Å²) in [6, 6.07) is 13.3. The zero-order valence-corrected chi connectivity index (χ0v) is 19.8. The molecule has 1 N–H and O–H groups in total. The zero-order valence-electron chi connectivity index (χ0n) is 18.2. The van der Waals surface area contributed by atoms with Gasteiger partial charge >= 0.3 is 6.03 Å². The standard InChI is InChI=1S/C24H31Cl2N3O2/c1-18-8-5-6-13-28(18)14-7-15-29(17-19-9-3-4-10-23(19)31-2)24(30)27-20-11-12-21(25)22(26)16-20/h3-4,9-12,16,18H,5-8,13-15,17H2,1-2H3,(H,27,30). The molecule has 0 bridgehead atoms. The fraction of sp³-hybridized carbons (Fsp3) is 0.458. The first kappa shape index (κ1) is 23.7. The van der Waals surface area contributed by atoms with Gasteiger partial charge in [0, 0.05) is 30.4 Å². The molecule has 0 aromatic heterocycles. The first-order chi connectivity index (χ1) is 15.0. The van der Waals surface area contributed by atoms with Crippen molar-refractivity contribution in [1.82, 2.24) is 9.80 Å². The highest BCUT2D eigenvalue weighted by atomic mass is 35.5. The Hall–Kier alpha value is -1.95. The lowest BCUT2D eigenvalue weighted by molar-refractivity contribution is 0.150. The Labute approximate surface area is 195 Å². The van der Waals surface area contributed by atoms with Crippen LogP contribution in [-0.2, 0) is 6.54 Å². The Morgan fingerprint density at radius 2 is 2.00 bits per heavy atom. The van der Waals surface area contributed by atoms with Crippen molar-refractivity contribution in [2.45, 2.75) is 45.2 Å². The maximum absolute atomic E-state index is 13.1. The van der Waals surface area contributed by atoms with E-state index in [1.807, 2.05) is 29.2 Å². The van der Waals surface area contributed by atoms with Gasteiger partial charge in [0.15, 0.2) is 0 Å². The number of para-hydroxylation sites is 1. The van der Waals surface area contributed by atoms with Crippen LogP contribution in [0, 0.1) is 0 Å². The molecule has 2 amide bonds. The number of piperidine rings is 1. The average Bonchev–Trinajstić information content (AvgIpc) is 2.77. The molecular weight excluding hydrogens is 433 g/mol. The number of hydrogen-bond acceptors (Lipinski definition) is 3. The molecule has 31 heavy (non-hydrogen) atoms. The molecule has 3 rings (SSSR count).